The lowest BCUT2D eigenvalue weighted by Gasteiger charge is -2.10. The van der Waals surface area contributed by atoms with E-state index in [1.807, 2.05) is 6.26 Å². The molecule has 0 saturated heterocycles. The fourth-order valence-corrected chi connectivity index (χ4v) is 1.46. The average Bonchev–Trinajstić information content (AvgIpc) is 2.16. The van der Waals surface area contributed by atoms with Gasteiger partial charge in [-0.2, -0.15) is 0 Å². The number of aliphatic hydroxyl groups excluding tert-OH is 1. The van der Waals surface area contributed by atoms with Gasteiger partial charge in [0.05, 0.1) is 12.6 Å². The van der Waals surface area contributed by atoms with Crippen molar-refractivity contribution in [2.75, 3.05) is 12.9 Å². The van der Waals surface area contributed by atoms with Crippen molar-refractivity contribution in [2.24, 2.45) is 5.73 Å². The molecule has 0 saturated carbocycles. The number of hydrogen-bond donors (Lipinski definition) is 2. The molecule has 1 aromatic carbocycles. The minimum atomic E-state index is -0.629. The van der Waals surface area contributed by atoms with E-state index in [0.717, 1.165) is 4.90 Å². The SMILES string of the molecule is CSc1ccc(C(N)CO)c(F)c1. The first-order valence-corrected chi connectivity index (χ1v) is 5.11. The van der Waals surface area contributed by atoms with Crippen molar-refractivity contribution in [3.05, 3.63) is 29.6 Å². The zero-order valence-electron chi connectivity index (χ0n) is 7.33. The summed E-state index contributed by atoms with van der Waals surface area (Å²) in [6, 6.07) is 4.20. The predicted molar refractivity (Wildman–Crippen MR) is 52.2 cm³/mol. The Bertz CT molecular complexity index is 293. The highest BCUT2D eigenvalue weighted by Gasteiger charge is 2.10. The molecule has 1 rings (SSSR count). The molecular weight excluding hydrogens is 189 g/mol. The van der Waals surface area contributed by atoms with Crippen molar-refractivity contribution in [2.45, 2.75) is 10.9 Å². The predicted octanol–water partition coefficient (Wildman–Crippen LogP) is 1.54. The van der Waals surface area contributed by atoms with Gasteiger partial charge in [-0.05, 0) is 18.4 Å². The van der Waals surface area contributed by atoms with Crippen LogP contribution >= 0.6 is 11.8 Å². The molecule has 2 nitrogen and oxygen atoms in total. The first-order valence-electron chi connectivity index (χ1n) is 3.89. The van der Waals surface area contributed by atoms with Crippen LogP contribution in [0.2, 0.25) is 0 Å². The molecule has 0 amide bonds. The Morgan fingerprint density at radius 2 is 2.31 bits per heavy atom. The number of halogens is 1. The number of nitrogens with two attached hydrogens (primary N) is 1. The van der Waals surface area contributed by atoms with Crippen LogP contribution in [0, 0.1) is 5.82 Å². The Balaban J connectivity index is 2.98. The van der Waals surface area contributed by atoms with E-state index in [1.54, 1.807) is 12.1 Å². The quantitative estimate of drug-likeness (QED) is 0.729. The molecular formula is C9H12FNOS. The van der Waals surface area contributed by atoms with E-state index in [9.17, 15) is 4.39 Å². The van der Waals surface area contributed by atoms with Gasteiger partial charge in [0.1, 0.15) is 5.82 Å². The molecule has 0 radical (unpaired) electrons. The highest BCUT2D eigenvalue weighted by molar-refractivity contribution is 7.98. The van der Waals surface area contributed by atoms with Crippen LogP contribution in [0.1, 0.15) is 11.6 Å². The van der Waals surface area contributed by atoms with E-state index in [2.05, 4.69) is 0 Å². The van der Waals surface area contributed by atoms with Gasteiger partial charge in [0.2, 0.25) is 0 Å². The topological polar surface area (TPSA) is 46.2 Å². The van der Waals surface area contributed by atoms with Gasteiger partial charge in [0.25, 0.3) is 0 Å². The summed E-state index contributed by atoms with van der Waals surface area (Å²) >= 11 is 1.47. The van der Waals surface area contributed by atoms with Gasteiger partial charge in [-0.15, -0.1) is 11.8 Å². The number of rotatable bonds is 3. The molecule has 1 unspecified atom stereocenters. The second-order valence-corrected chi connectivity index (χ2v) is 3.56. The molecule has 1 atom stereocenters. The zero-order valence-corrected chi connectivity index (χ0v) is 8.14. The smallest absolute Gasteiger partial charge is 0.129 e. The van der Waals surface area contributed by atoms with Crippen molar-refractivity contribution in [3.8, 4) is 0 Å². The monoisotopic (exact) mass is 201 g/mol. The van der Waals surface area contributed by atoms with Crippen molar-refractivity contribution in [3.63, 3.8) is 0 Å². The summed E-state index contributed by atoms with van der Waals surface area (Å²) < 4.78 is 13.3. The Kier molecular flexibility index (Phi) is 3.71. The highest BCUT2D eigenvalue weighted by atomic mass is 32.2. The number of aliphatic hydroxyl groups is 1. The average molecular weight is 201 g/mol. The van der Waals surface area contributed by atoms with Crippen LogP contribution in [0.4, 0.5) is 4.39 Å². The van der Waals surface area contributed by atoms with Crippen LogP contribution in [0.3, 0.4) is 0 Å². The fraction of sp³-hybridized carbons (Fsp3) is 0.333. The molecule has 13 heavy (non-hydrogen) atoms. The van der Waals surface area contributed by atoms with Crippen LogP contribution in [-0.2, 0) is 0 Å². The summed E-state index contributed by atoms with van der Waals surface area (Å²) in [7, 11) is 0. The molecule has 0 heterocycles. The Morgan fingerprint density at radius 3 is 2.77 bits per heavy atom. The molecule has 4 heteroatoms. The van der Waals surface area contributed by atoms with Crippen molar-refractivity contribution in [1.29, 1.82) is 0 Å². The Morgan fingerprint density at radius 1 is 1.62 bits per heavy atom. The van der Waals surface area contributed by atoms with Gasteiger partial charge < -0.3 is 10.8 Å². The van der Waals surface area contributed by atoms with Crippen LogP contribution in [0.25, 0.3) is 0 Å². The van der Waals surface area contributed by atoms with Crippen LogP contribution in [-0.4, -0.2) is 18.0 Å². The second-order valence-electron chi connectivity index (χ2n) is 2.68. The molecule has 0 aliphatic rings. The van der Waals surface area contributed by atoms with Gasteiger partial charge in [-0.25, -0.2) is 4.39 Å². The van der Waals surface area contributed by atoms with E-state index in [4.69, 9.17) is 10.8 Å². The summed E-state index contributed by atoms with van der Waals surface area (Å²) in [5.41, 5.74) is 5.85. The third-order valence-electron chi connectivity index (χ3n) is 1.80. The molecule has 0 aliphatic carbocycles. The lowest BCUT2D eigenvalue weighted by Crippen LogP contribution is -2.15. The van der Waals surface area contributed by atoms with E-state index in [-0.39, 0.29) is 12.4 Å². The van der Waals surface area contributed by atoms with Gasteiger partial charge in [0, 0.05) is 10.5 Å². The molecule has 0 aromatic heterocycles. The number of thioether (sulfide) groups is 1. The molecule has 72 valence electrons. The summed E-state index contributed by atoms with van der Waals surface area (Å²) in [5, 5.41) is 8.74. The van der Waals surface area contributed by atoms with Crippen molar-refractivity contribution in [1.82, 2.24) is 0 Å². The largest absolute Gasteiger partial charge is 0.394 e. The standard InChI is InChI=1S/C9H12FNOS/c1-13-6-2-3-7(8(10)4-6)9(11)5-12/h2-4,9,12H,5,11H2,1H3. The van der Waals surface area contributed by atoms with Gasteiger partial charge >= 0.3 is 0 Å². The maximum absolute atomic E-state index is 13.3. The lowest BCUT2D eigenvalue weighted by molar-refractivity contribution is 0.265. The first kappa shape index (κ1) is 10.5. The number of benzene rings is 1. The molecule has 0 bridgehead atoms. The van der Waals surface area contributed by atoms with E-state index >= 15 is 0 Å². The van der Waals surface area contributed by atoms with E-state index < -0.39 is 6.04 Å². The first-order chi connectivity index (χ1) is 6.19. The summed E-state index contributed by atoms with van der Waals surface area (Å²) in [5.74, 6) is -0.353. The van der Waals surface area contributed by atoms with Crippen molar-refractivity contribution >= 4 is 11.8 Å². The third-order valence-corrected chi connectivity index (χ3v) is 2.53. The maximum atomic E-state index is 13.3. The minimum Gasteiger partial charge on any atom is -0.394 e. The zero-order chi connectivity index (χ0) is 9.84. The lowest BCUT2D eigenvalue weighted by atomic mass is 10.1. The molecule has 0 spiro atoms. The highest BCUT2D eigenvalue weighted by Crippen LogP contribution is 2.21. The van der Waals surface area contributed by atoms with Gasteiger partial charge in [0.15, 0.2) is 0 Å². The third kappa shape index (κ3) is 2.43. The molecule has 0 fully saturated rings. The summed E-state index contributed by atoms with van der Waals surface area (Å²) in [6.45, 7) is -0.241. The van der Waals surface area contributed by atoms with Crippen LogP contribution in [0.5, 0.6) is 0 Å². The van der Waals surface area contributed by atoms with Crippen LogP contribution < -0.4 is 5.73 Å². The second kappa shape index (κ2) is 4.60. The van der Waals surface area contributed by atoms with Gasteiger partial charge in [-0.3, -0.25) is 0 Å². The molecule has 3 N–H and O–H groups in total. The Hall–Kier alpha value is -0.580. The molecule has 0 aliphatic heterocycles. The van der Waals surface area contributed by atoms with E-state index in [1.165, 1.54) is 17.8 Å². The minimum absolute atomic E-state index is 0.241. The normalized spacial score (nSPS) is 12.9. The van der Waals surface area contributed by atoms with Crippen molar-refractivity contribution < 1.29 is 9.50 Å². The summed E-state index contributed by atoms with van der Waals surface area (Å²) in [4.78, 5) is 0.853. The number of hydrogen-bond acceptors (Lipinski definition) is 3. The van der Waals surface area contributed by atoms with Gasteiger partial charge in [-0.1, -0.05) is 6.07 Å². The summed E-state index contributed by atoms with van der Waals surface area (Å²) in [6.07, 6.45) is 1.88. The molecule has 1 aromatic rings. The fourth-order valence-electron chi connectivity index (χ4n) is 1.03. The van der Waals surface area contributed by atoms with Crippen LogP contribution in [0.15, 0.2) is 23.1 Å². The maximum Gasteiger partial charge on any atom is 0.129 e. The van der Waals surface area contributed by atoms with E-state index in [0.29, 0.717) is 5.56 Å². The Labute approximate surface area is 80.9 Å².